The summed E-state index contributed by atoms with van der Waals surface area (Å²) in [6, 6.07) is 0. The Hall–Kier alpha value is -1.94. The molecule has 0 amide bonds. The van der Waals surface area contributed by atoms with Gasteiger partial charge in [0.2, 0.25) is 6.08 Å². The lowest BCUT2D eigenvalue weighted by Crippen LogP contribution is -2.14. The van der Waals surface area contributed by atoms with Gasteiger partial charge in [0.25, 0.3) is 0 Å². The topological polar surface area (TPSA) is 82.0 Å². The average molecular weight is 241 g/mol. The Bertz CT molecular complexity index is 331. The highest BCUT2D eigenvalue weighted by Gasteiger charge is 2.05. The van der Waals surface area contributed by atoms with E-state index in [1.165, 1.54) is 13.0 Å². The second-order valence-corrected chi connectivity index (χ2v) is 3.21. The Morgan fingerprint density at radius 2 is 1.94 bits per heavy atom. The van der Waals surface area contributed by atoms with Gasteiger partial charge >= 0.3 is 11.9 Å². The van der Waals surface area contributed by atoms with Crippen LogP contribution in [0.5, 0.6) is 0 Å². The van der Waals surface area contributed by atoms with Crippen molar-refractivity contribution in [2.45, 2.75) is 19.8 Å². The Kier molecular flexibility index (Phi) is 8.24. The second-order valence-electron chi connectivity index (χ2n) is 3.21. The zero-order valence-corrected chi connectivity index (χ0v) is 9.73. The predicted octanol–water partition coefficient (Wildman–Crippen LogP) is 0.765. The molecule has 0 fully saturated rings. The van der Waals surface area contributed by atoms with Crippen LogP contribution in [0.4, 0.5) is 0 Å². The number of carbonyl (C=O) groups excluding carboxylic acids is 3. The normalized spacial score (nSPS) is 9.00. The first kappa shape index (κ1) is 15.1. The molecule has 6 heteroatoms. The molecule has 0 aliphatic heterocycles. The lowest BCUT2D eigenvalue weighted by molar-refractivity contribution is -0.150. The van der Waals surface area contributed by atoms with Crippen LogP contribution in [0.15, 0.2) is 17.1 Å². The third kappa shape index (κ3) is 9.02. The Morgan fingerprint density at radius 1 is 1.29 bits per heavy atom. The van der Waals surface area contributed by atoms with Crippen molar-refractivity contribution in [1.82, 2.24) is 0 Å². The van der Waals surface area contributed by atoms with Crippen molar-refractivity contribution in [3.05, 3.63) is 12.2 Å². The molecule has 6 nitrogen and oxygen atoms in total. The summed E-state index contributed by atoms with van der Waals surface area (Å²) < 4.78 is 9.48. The number of nitrogens with zero attached hydrogens (tertiary/aromatic N) is 1. The van der Waals surface area contributed by atoms with Crippen LogP contribution in [0.1, 0.15) is 19.8 Å². The summed E-state index contributed by atoms with van der Waals surface area (Å²) in [6.07, 6.45) is 1.97. The van der Waals surface area contributed by atoms with Crippen molar-refractivity contribution in [2.24, 2.45) is 4.99 Å². The molecule has 0 bridgehead atoms. The molecule has 0 aromatic heterocycles. The molecule has 0 rings (SSSR count). The van der Waals surface area contributed by atoms with Gasteiger partial charge < -0.3 is 9.47 Å². The van der Waals surface area contributed by atoms with Crippen molar-refractivity contribution in [3.8, 4) is 0 Å². The average Bonchev–Trinajstić information content (AvgIpc) is 2.29. The maximum absolute atomic E-state index is 11.1. The standard InChI is InChI=1S/C11H15NO5/c1-9(2)11(15)17-7-6-16-10(14)4-3-5-12-8-13/h1,3-7H2,2H3. The van der Waals surface area contributed by atoms with Crippen molar-refractivity contribution in [3.63, 3.8) is 0 Å². The summed E-state index contributed by atoms with van der Waals surface area (Å²) in [5.41, 5.74) is 0.294. The number of isocyanates is 1. The minimum atomic E-state index is -0.513. The molecule has 0 saturated heterocycles. The molecule has 0 aliphatic carbocycles. The molecule has 0 unspecified atom stereocenters. The summed E-state index contributed by atoms with van der Waals surface area (Å²) in [4.78, 5) is 35.0. The van der Waals surface area contributed by atoms with Crippen LogP contribution in [0, 0.1) is 0 Å². The van der Waals surface area contributed by atoms with E-state index in [9.17, 15) is 14.4 Å². The predicted molar refractivity (Wildman–Crippen MR) is 59.0 cm³/mol. The van der Waals surface area contributed by atoms with Crippen LogP contribution in [0.25, 0.3) is 0 Å². The number of ether oxygens (including phenoxy) is 2. The van der Waals surface area contributed by atoms with Gasteiger partial charge in [0, 0.05) is 12.0 Å². The molecular weight excluding hydrogens is 226 g/mol. The SMILES string of the molecule is C=C(C)C(=O)OCCOC(=O)CCCN=C=O. The van der Waals surface area contributed by atoms with Crippen LogP contribution in [0.3, 0.4) is 0 Å². The summed E-state index contributed by atoms with van der Waals surface area (Å²) in [7, 11) is 0. The lowest BCUT2D eigenvalue weighted by Gasteiger charge is -2.05. The fourth-order valence-electron chi connectivity index (χ4n) is 0.833. The van der Waals surface area contributed by atoms with E-state index in [1.54, 1.807) is 0 Å². The van der Waals surface area contributed by atoms with Gasteiger partial charge in [0.1, 0.15) is 13.2 Å². The van der Waals surface area contributed by atoms with E-state index in [4.69, 9.17) is 9.47 Å². The molecule has 0 aromatic rings. The number of aliphatic imine (C=N–C) groups is 1. The van der Waals surface area contributed by atoms with E-state index >= 15 is 0 Å². The molecular formula is C11H15NO5. The molecule has 0 radical (unpaired) electrons. The van der Waals surface area contributed by atoms with Gasteiger partial charge in [-0.2, -0.15) is 0 Å². The zero-order valence-electron chi connectivity index (χ0n) is 9.73. The smallest absolute Gasteiger partial charge is 0.333 e. The minimum Gasteiger partial charge on any atom is -0.462 e. The summed E-state index contributed by atoms with van der Waals surface area (Å²) in [5, 5.41) is 0. The zero-order chi connectivity index (χ0) is 13.1. The molecule has 17 heavy (non-hydrogen) atoms. The van der Waals surface area contributed by atoms with Gasteiger partial charge in [0.05, 0.1) is 6.54 Å². The van der Waals surface area contributed by atoms with E-state index in [1.807, 2.05) is 0 Å². The van der Waals surface area contributed by atoms with E-state index in [-0.39, 0.29) is 26.2 Å². The van der Waals surface area contributed by atoms with E-state index in [0.29, 0.717) is 12.0 Å². The van der Waals surface area contributed by atoms with Crippen LogP contribution in [-0.2, 0) is 23.9 Å². The van der Waals surface area contributed by atoms with E-state index in [2.05, 4.69) is 11.6 Å². The van der Waals surface area contributed by atoms with Crippen molar-refractivity contribution < 1.29 is 23.9 Å². The highest BCUT2D eigenvalue weighted by molar-refractivity contribution is 5.86. The van der Waals surface area contributed by atoms with Gasteiger partial charge in [-0.25, -0.2) is 14.6 Å². The molecule has 0 saturated carbocycles. The van der Waals surface area contributed by atoms with Gasteiger partial charge in [-0.15, -0.1) is 0 Å². The molecule has 94 valence electrons. The fraction of sp³-hybridized carbons (Fsp3) is 0.545. The van der Waals surface area contributed by atoms with Gasteiger partial charge in [-0.1, -0.05) is 6.58 Å². The third-order valence-electron chi connectivity index (χ3n) is 1.64. The fourth-order valence-corrected chi connectivity index (χ4v) is 0.833. The molecule has 0 aromatic carbocycles. The molecule has 0 spiro atoms. The Morgan fingerprint density at radius 3 is 2.53 bits per heavy atom. The van der Waals surface area contributed by atoms with Crippen LogP contribution in [-0.4, -0.2) is 37.8 Å². The van der Waals surface area contributed by atoms with E-state index < -0.39 is 11.9 Å². The summed E-state index contributed by atoms with van der Waals surface area (Å²) in [6.45, 7) is 5.20. The number of carbonyl (C=O) groups is 2. The van der Waals surface area contributed by atoms with Crippen molar-refractivity contribution in [1.29, 1.82) is 0 Å². The van der Waals surface area contributed by atoms with Gasteiger partial charge in [-0.05, 0) is 13.3 Å². The summed E-state index contributed by atoms with van der Waals surface area (Å²) in [5.74, 6) is -0.932. The number of hydrogen-bond donors (Lipinski definition) is 0. The first-order valence-electron chi connectivity index (χ1n) is 5.09. The van der Waals surface area contributed by atoms with Crippen LogP contribution >= 0.6 is 0 Å². The number of hydrogen-bond acceptors (Lipinski definition) is 6. The highest BCUT2D eigenvalue weighted by atomic mass is 16.6. The van der Waals surface area contributed by atoms with Crippen molar-refractivity contribution >= 4 is 18.0 Å². The molecule has 0 aliphatic rings. The maximum atomic E-state index is 11.1. The third-order valence-corrected chi connectivity index (χ3v) is 1.64. The van der Waals surface area contributed by atoms with Gasteiger partial charge in [0.15, 0.2) is 0 Å². The quantitative estimate of drug-likeness (QED) is 0.206. The first-order chi connectivity index (χ1) is 8.07. The maximum Gasteiger partial charge on any atom is 0.333 e. The highest BCUT2D eigenvalue weighted by Crippen LogP contribution is 1.95. The molecule has 0 atom stereocenters. The first-order valence-corrected chi connectivity index (χ1v) is 5.09. The monoisotopic (exact) mass is 241 g/mol. The Balaban J connectivity index is 3.48. The minimum absolute atomic E-state index is 0.00389. The van der Waals surface area contributed by atoms with Gasteiger partial charge in [-0.3, -0.25) is 4.79 Å². The van der Waals surface area contributed by atoms with Crippen LogP contribution < -0.4 is 0 Å². The largest absolute Gasteiger partial charge is 0.462 e. The number of rotatable bonds is 8. The van der Waals surface area contributed by atoms with Crippen molar-refractivity contribution in [2.75, 3.05) is 19.8 Å². The molecule has 0 heterocycles. The lowest BCUT2D eigenvalue weighted by atomic mass is 10.3. The number of esters is 2. The summed E-state index contributed by atoms with van der Waals surface area (Å²) >= 11 is 0. The second kappa shape index (κ2) is 9.30. The molecule has 0 N–H and O–H groups in total. The van der Waals surface area contributed by atoms with E-state index in [0.717, 1.165) is 0 Å². The van der Waals surface area contributed by atoms with Crippen LogP contribution in [0.2, 0.25) is 0 Å². The Labute approximate surface area is 99.3 Å².